The van der Waals surface area contributed by atoms with Gasteiger partial charge in [0.05, 0.1) is 39.7 Å². The number of aryl methyl sites for hydroxylation is 8. The first-order valence-corrected chi connectivity index (χ1v) is 30.9. The van der Waals surface area contributed by atoms with Crippen LogP contribution < -0.4 is 58.9 Å². The first-order valence-electron chi connectivity index (χ1n) is 30.9. The van der Waals surface area contributed by atoms with Crippen molar-refractivity contribution in [1.29, 1.82) is 0 Å². The Morgan fingerprint density at radius 2 is 0.818 bits per heavy atom. The highest BCUT2D eigenvalue weighted by molar-refractivity contribution is 6.10. The molecule has 9 rings (SSSR count). The highest BCUT2D eigenvalue weighted by atomic mass is 16.4. The number of aromatic nitrogens is 10. The molecule has 1 atom stereocenters. The largest absolute Gasteiger partial charge is 0.478 e. The SMILES string of the molecule is CN(CCCNC(=O)c1cccc(C(=O)O)c1)CCCNC(=O)c1cc(NC(=O)c2cc(NC(=O)c3cc(NC(=O)c4nc(NC(=O)C[C@@H](N)CNC(=O)c5cc(NC(=O)c6cc(NC(=O)c7cc(NC(=O)c8nccn8C)cn7C)cn6C)cn5C)cn4C)cn3C)cn2C)cn1C. The molecule has 518 valence electrons. The van der Waals surface area contributed by atoms with Crippen molar-refractivity contribution in [2.45, 2.75) is 25.3 Å². The summed E-state index contributed by atoms with van der Waals surface area (Å²) < 4.78 is 12.1. The zero-order valence-corrected chi connectivity index (χ0v) is 55.6. The number of hydrogen-bond donors (Lipinski definition) is 12. The smallest absolute Gasteiger partial charge is 0.335 e. The molecule has 8 heterocycles. The van der Waals surface area contributed by atoms with E-state index in [1.807, 2.05) is 7.05 Å². The van der Waals surface area contributed by atoms with Gasteiger partial charge >= 0.3 is 5.97 Å². The van der Waals surface area contributed by atoms with Crippen molar-refractivity contribution in [1.82, 2.24) is 67.4 Å². The van der Waals surface area contributed by atoms with Crippen LogP contribution in [0.3, 0.4) is 0 Å². The summed E-state index contributed by atoms with van der Waals surface area (Å²) in [5, 5.41) is 36.7. The molecular formula is C65H76N22O12. The van der Waals surface area contributed by atoms with Gasteiger partial charge < -0.3 is 105 Å². The number of carbonyl (C=O) groups is 11. The number of nitrogens with one attached hydrogen (secondary N) is 10. The Morgan fingerprint density at radius 3 is 1.22 bits per heavy atom. The van der Waals surface area contributed by atoms with Gasteiger partial charge in [-0.05, 0) is 87.6 Å². The van der Waals surface area contributed by atoms with Crippen LogP contribution in [0.2, 0.25) is 0 Å². The molecule has 0 saturated heterocycles. The van der Waals surface area contributed by atoms with Crippen LogP contribution in [0.25, 0.3) is 0 Å². The van der Waals surface area contributed by atoms with Gasteiger partial charge in [-0.2, -0.15) is 0 Å². The van der Waals surface area contributed by atoms with E-state index in [0.29, 0.717) is 73.2 Å². The molecule has 0 bridgehead atoms. The summed E-state index contributed by atoms with van der Waals surface area (Å²) in [6.07, 6.45) is 14.9. The number of nitrogens with zero attached hydrogens (tertiary/aromatic N) is 11. The quantitative estimate of drug-likeness (QED) is 0.0299. The third-order valence-corrected chi connectivity index (χ3v) is 15.7. The third-order valence-electron chi connectivity index (χ3n) is 15.7. The number of imidazole rings is 2. The van der Waals surface area contributed by atoms with Gasteiger partial charge in [-0.25, -0.2) is 14.8 Å². The number of anilines is 7. The lowest BCUT2D eigenvalue weighted by Gasteiger charge is -2.17. The van der Waals surface area contributed by atoms with Crippen molar-refractivity contribution >= 4 is 105 Å². The second-order valence-electron chi connectivity index (χ2n) is 23.6. The highest BCUT2D eigenvalue weighted by Crippen LogP contribution is 2.24. The van der Waals surface area contributed by atoms with E-state index in [2.05, 4.69) is 68.0 Å². The van der Waals surface area contributed by atoms with E-state index in [-0.39, 0.29) is 87.5 Å². The van der Waals surface area contributed by atoms with Crippen LogP contribution in [-0.2, 0) is 61.2 Å². The Labute approximate surface area is 565 Å². The van der Waals surface area contributed by atoms with Gasteiger partial charge in [0.25, 0.3) is 53.2 Å². The number of hydrogen-bond acceptors (Lipinski definition) is 15. The van der Waals surface area contributed by atoms with Gasteiger partial charge in [0.2, 0.25) is 11.7 Å². The molecule has 0 fully saturated rings. The third kappa shape index (κ3) is 17.9. The first kappa shape index (κ1) is 70.7. The number of amides is 10. The molecular weight excluding hydrogens is 1280 g/mol. The molecule has 0 spiro atoms. The molecule has 0 aliphatic heterocycles. The van der Waals surface area contributed by atoms with E-state index in [1.54, 1.807) is 113 Å². The Morgan fingerprint density at radius 1 is 0.444 bits per heavy atom. The van der Waals surface area contributed by atoms with E-state index >= 15 is 0 Å². The van der Waals surface area contributed by atoms with Crippen LogP contribution in [-0.4, -0.2) is 167 Å². The van der Waals surface area contributed by atoms with Gasteiger partial charge in [0.15, 0.2) is 11.6 Å². The monoisotopic (exact) mass is 1360 g/mol. The second kappa shape index (κ2) is 30.9. The molecule has 34 heteroatoms. The van der Waals surface area contributed by atoms with Crippen molar-refractivity contribution in [3.05, 3.63) is 173 Å². The Balaban J connectivity index is 0.674. The number of carbonyl (C=O) groups excluding carboxylic acids is 10. The average Bonchev–Trinajstić information content (AvgIpc) is 1.71. The van der Waals surface area contributed by atoms with E-state index in [0.717, 1.165) is 0 Å². The topological polar surface area (TPSA) is 423 Å². The fraction of sp³-hybridized carbons (Fsp3) is 0.277. The van der Waals surface area contributed by atoms with E-state index in [1.165, 1.54) is 96.2 Å². The van der Waals surface area contributed by atoms with Crippen molar-refractivity contribution in [3.8, 4) is 0 Å². The lowest BCUT2D eigenvalue weighted by Crippen LogP contribution is -2.40. The van der Waals surface area contributed by atoms with Crippen molar-refractivity contribution in [2.75, 3.05) is 77.0 Å². The fourth-order valence-corrected chi connectivity index (χ4v) is 10.6. The molecule has 0 unspecified atom stereocenters. The molecule has 34 nitrogen and oxygen atoms in total. The summed E-state index contributed by atoms with van der Waals surface area (Å²) in [4.78, 5) is 154. The molecule has 0 radical (unpaired) electrons. The van der Waals surface area contributed by atoms with Crippen molar-refractivity contribution < 1.29 is 57.8 Å². The van der Waals surface area contributed by atoms with Crippen molar-refractivity contribution in [3.63, 3.8) is 0 Å². The number of aromatic carboxylic acids is 1. The minimum atomic E-state index is -1.11. The lowest BCUT2D eigenvalue weighted by atomic mass is 10.1. The number of benzene rings is 1. The molecule has 9 aromatic rings. The molecule has 0 aliphatic carbocycles. The fourth-order valence-electron chi connectivity index (χ4n) is 10.6. The first-order chi connectivity index (χ1) is 47.1. The van der Waals surface area contributed by atoms with Crippen LogP contribution in [0.1, 0.15) is 124 Å². The molecule has 13 N–H and O–H groups in total. The van der Waals surface area contributed by atoms with Gasteiger partial charge in [-0.1, -0.05) is 6.07 Å². The van der Waals surface area contributed by atoms with E-state index in [4.69, 9.17) is 5.73 Å². The van der Waals surface area contributed by atoms with E-state index < -0.39 is 59.3 Å². The Bertz CT molecular complexity index is 4600. The van der Waals surface area contributed by atoms with Crippen LogP contribution >= 0.6 is 0 Å². The Kier molecular flexibility index (Phi) is 22.1. The maximum atomic E-state index is 13.6. The van der Waals surface area contributed by atoms with E-state index in [9.17, 15) is 57.8 Å². The number of carboxylic acid groups (broad SMARTS) is 1. The normalized spacial score (nSPS) is 11.4. The standard InChI is InChI=1S/C65H76N22O12/c1-79(18-11-15-68-56(89)37-13-10-14-38(21-37)65(98)99)19-12-16-69-57(90)46-23-40(30-81(46)3)71-59(92)48-25-43(33-83(48)5)74-62(95)51-28-45(35-86(51)8)76-64(97)55-78-52(36-87(55)9)77-53(88)22-39(66)29-70-58(91)47-24-41(31-82(47)4)72-60(93)49-26-42(32-84(49)6)73-61(94)50-27-44(34-85(50)7)75-63(96)54-67-17-20-80(54)2/h10,13-14,17,20-21,23-28,30-36,39H,11-12,15-16,18-19,22,29,66H2,1-9H3,(H,68,89)(H,69,90)(H,70,91)(H,71,92)(H,72,93)(H,73,94)(H,74,95)(H,75,96)(H,76,97)(H,77,88)(H,98,99)/t39-/m1/s1. The van der Waals surface area contributed by atoms with Gasteiger partial charge in [0.1, 0.15) is 34.2 Å². The van der Waals surface area contributed by atoms with Gasteiger partial charge in [-0.3, -0.25) is 47.9 Å². The number of rotatable bonds is 29. The van der Waals surface area contributed by atoms with Crippen LogP contribution in [0.15, 0.2) is 116 Å². The molecule has 0 saturated carbocycles. The number of nitrogens with two attached hydrogens (primary N) is 1. The van der Waals surface area contributed by atoms with Crippen LogP contribution in [0.5, 0.6) is 0 Å². The average molecular weight is 1360 g/mol. The summed E-state index contributed by atoms with van der Waals surface area (Å²) in [5.41, 5.74) is 9.71. The zero-order chi connectivity index (χ0) is 71.5. The number of carboxylic acids is 1. The molecule has 10 amide bonds. The zero-order valence-electron chi connectivity index (χ0n) is 55.6. The molecule has 1 aromatic carbocycles. The molecule has 8 aromatic heterocycles. The lowest BCUT2D eigenvalue weighted by molar-refractivity contribution is -0.116. The maximum Gasteiger partial charge on any atom is 0.335 e. The minimum Gasteiger partial charge on any atom is -0.478 e. The Hall–Kier alpha value is -12.6. The summed E-state index contributed by atoms with van der Waals surface area (Å²) in [6.45, 7) is 2.01. The van der Waals surface area contributed by atoms with Crippen molar-refractivity contribution in [2.24, 2.45) is 62.1 Å². The van der Waals surface area contributed by atoms with Crippen LogP contribution in [0.4, 0.5) is 39.9 Å². The highest BCUT2D eigenvalue weighted by Gasteiger charge is 2.25. The molecule has 99 heavy (non-hydrogen) atoms. The summed E-state index contributed by atoms with van der Waals surface area (Å²) >= 11 is 0. The maximum absolute atomic E-state index is 13.6. The summed E-state index contributed by atoms with van der Waals surface area (Å²) in [7, 11) is 14.9. The predicted octanol–water partition coefficient (Wildman–Crippen LogP) is 3.35. The van der Waals surface area contributed by atoms with Gasteiger partial charge in [-0.15, -0.1) is 0 Å². The second-order valence-corrected chi connectivity index (χ2v) is 23.6. The summed E-state index contributed by atoms with van der Waals surface area (Å²) in [5.74, 6) is -5.96. The predicted molar refractivity (Wildman–Crippen MR) is 365 cm³/mol. The summed E-state index contributed by atoms with van der Waals surface area (Å²) in [6, 6.07) is 13.9. The molecule has 0 aliphatic rings. The minimum absolute atomic E-state index is 0.0345. The van der Waals surface area contributed by atoms with Gasteiger partial charge in [0, 0.05) is 150 Å². The van der Waals surface area contributed by atoms with Crippen LogP contribution in [0, 0.1) is 0 Å².